The molecule has 1 aliphatic heterocycles. The van der Waals surface area contributed by atoms with Crippen LogP contribution in [-0.2, 0) is 14.8 Å². The molecule has 0 saturated carbocycles. The van der Waals surface area contributed by atoms with Crippen LogP contribution in [0.2, 0.25) is 0 Å². The molecule has 24 heavy (non-hydrogen) atoms. The van der Waals surface area contributed by atoms with E-state index in [0.29, 0.717) is 32.0 Å². The lowest BCUT2D eigenvalue weighted by Gasteiger charge is -2.30. The van der Waals surface area contributed by atoms with E-state index in [1.165, 1.54) is 0 Å². The highest BCUT2D eigenvalue weighted by Gasteiger charge is 2.33. The van der Waals surface area contributed by atoms with Gasteiger partial charge in [-0.15, -0.1) is 0 Å². The fraction of sp³-hybridized carbons (Fsp3) is 0.533. The molecule has 9 heteroatoms. The minimum Gasteiger partial charge on any atom is -0.355 e. The lowest BCUT2D eigenvalue weighted by atomic mass is 9.97. The minimum absolute atomic E-state index is 0.0996. The SMILES string of the molecule is CNCCNC(=O)C1CCN(S(=O)(=O)c2cc(F)ccc2F)CC1. The van der Waals surface area contributed by atoms with Gasteiger partial charge in [-0.2, -0.15) is 4.31 Å². The Bertz CT molecular complexity index is 689. The normalized spacial score (nSPS) is 17.0. The molecule has 1 aliphatic rings. The maximum absolute atomic E-state index is 13.8. The lowest BCUT2D eigenvalue weighted by Crippen LogP contribution is -2.44. The molecule has 1 heterocycles. The highest BCUT2D eigenvalue weighted by molar-refractivity contribution is 7.89. The molecule has 1 saturated heterocycles. The van der Waals surface area contributed by atoms with Gasteiger partial charge in [-0.25, -0.2) is 17.2 Å². The van der Waals surface area contributed by atoms with Gasteiger partial charge in [0.1, 0.15) is 16.5 Å². The monoisotopic (exact) mass is 361 g/mol. The number of hydrogen-bond acceptors (Lipinski definition) is 4. The highest BCUT2D eigenvalue weighted by Crippen LogP contribution is 2.26. The van der Waals surface area contributed by atoms with Crippen molar-refractivity contribution in [1.29, 1.82) is 0 Å². The van der Waals surface area contributed by atoms with Gasteiger partial charge in [-0.1, -0.05) is 0 Å². The summed E-state index contributed by atoms with van der Waals surface area (Å²) in [4.78, 5) is 11.3. The number of rotatable bonds is 6. The Morgan fingerprint density at radius 3 is 2.54 bits per heavy atom. The molecule has 0 bridgehead atoms. The standard InChI is InChI=1S/C15H21F2N3O3S/c1-18-6-7-19-15(21)11-4-8-20(9-5-11)24(22,23)14-10-12(16)2-3-13(14)17/h2-3,10-11,18H,4-9H2,1H3,(H,19,21). The molecule has 1 fully saturated rings. The van der Waals surface area contributed by atoms with Gasteiger partial charge >= 0.3 is 0 Å². The van der Waals surface area contributed by atoms with Gasteiger partial charge in [-0.05, 0) is 38.1 Å². The zero-order valence-corrected chi connectivity index (χ0v) is 14.2. The Balaban J connectivity index is 2.01. The highest BCUT2D eigenvalue weighted by atomic mass is 32.2. The topological polar surface area (TPSA) is 78.5 Å². The van der Waals surface area contributed by atoms with E-state index >= 15 is 0 Å². The first-order valence-electron chi connectivity index (χ1n) is 7.73. The molecule has 2 rings (SSSR count). The minimum atomic E-state index is -4.11. The molecule has 2 N–H and O–H groups in total. The summed E-state index contributed by atoms with van der Waals surface area (Å²) in [7, 11) is -2.33. The molecule has 0 aromatic heterocycles. The summed E-state index contributed by atoms with van der Waals surface area (Å²) in [6.07, 6.45) is 0.698. The predicted octanol–water partition coefficient (Wildman–Crippen LogP) is 0.701. The number of amides is 1. The van der Waals surface area contributed by atoms with Crippen molar-refractivity contribution in [2.24, 2.45) is 5.92 Å². The van der Waals surface area contributed by atoms with Gasteiger partial charge in [0.05, 0.1) is 0 Å². The van der Waals surface area contributed by atoms with E-state index in [4.69, 9.17) is 0 Å². The van der Waals surface area contributed by atoms with Crippen molar-refractivity contribution in [3.8, 4) is 0 Å². The number of sulfonamides is 1. The first-order chi connectivity index (χ1) is 11.4. The van der Waals surface area contributed by atoms with Crippen LogP contribution < -0.4 is 10.6 Å². The van der Waals surface area contributed by atoms with Gasteiger partial charge in [0.15, 0.2) is 0 Å². The lowest BCUT2D eigenvalue weighted by molar-refractivity contribution is -0.126. The maximum Gasteiger partial charge on any atom is 0.246 e. The van der Waals surface area contributed by atoms with Crippen molar-refractivity contribution in [1.82, 2.24) is 14.9 Å². The molecular weight excluding hydrogens is 340 g/mol. The maximum atomic E-state index is 13.8. The summed E-state index contributed by atoms with van der Waals surface area (Å²) < 4.78 is 53.0. The van der Waals surface area contributed by atoms with Gasteiger partial charge in [0.25, 0.3) is 0 Å². The van der Waals surface area contributed by atoms with E-state index in [-0.39, 0.29) is 24.9 Å². The van der Waals surface area contributed by atoms with Crippen molar-refractivity contribution < 1.29 is 22.0 Å². The van der Waals surface area contributed by atoms with Crippen molar-refractivity contribution in [2.45, 2.75) is 17.7 Å². The van der Waals surface area contributed by atoms with Crippen molar-refractivity contribution in [2.75, 3.05) is 33.2 Å². The predicted molar refractivity (Wildman–Crippen MR) is 84.8 cm³/mol. The number of nitrogens with one attached hydrogen (secondary N) is 2. The smallest absolute Gasteiger partial charge is 0.246 e. The second-order valence-electron chi connectivity index (χ2n) is 5.65. The second-order valence-corrected chi connectivity index (χ2v) is 7.55. The van der Waals surface area contributed by atoms with Crippen molar-refractivity contribution in [3.63, 3.8) is 0 Å². The molecule has 0 aliphatic carbocycles. The Kier molecular flexibility index (Phi) is 6.25. The third kappa shape index (κ3) is 4.28. The fourth-order valence-electron chi connectivity index (χ4n) is 2.63. The number of halogens is 2. The largest absolute Gasteiger partial charge is 0.355 e. The zero-order chi connectivity index (χ0) is 17.7. The van der Waals surface area contributed by atoms with Crippen LogP contribution in [0.25, 0.3) is 0 Å². The molecule has 0 radical (unpaired) electrons. The summed E-state index contributed by atoms with van der Waals surface area (Å²) in [5.41, 5.74) is 0. The summed E-state index contributed by atoms with van der Waals surface area (Å²) >= 11 is 0. The van der Waals surface area contributed by atoms with Crippen LogP contribution in [0.3, 0.4) is 0 Å². The van der Waals surface area contributed by atoms with Crippen LogP contribution in [0, 0.1) is 17.6 Å². The Morgan fingerprint density at radius 1 is 1.25 bits per heavy atom. The van der Waals surface area contributed by atoms with Gasteiger partial charge < -0.3 is 10.6 Å². The number of nitrogens with zero attached hydrogens (tertiary/aromatic N) is 1. The van der Waals surface area contributed by atoms with E-state index in [0.717, 1.165) is 16.4 Å². The van der Waals surface area contributed by atoms with E-state index in [9.17, 15) is 22.0 Å². The van der Waals surface area contributed by atoms with Crippen molar-refractivity contribution >= 4 is 15.9 Å². The third-order valence-corrected chi connectivity index (χ3v) is 5.92. The molecule has 0 spiro atoms. The summed E-state index contributed by atoms with van der Waals surface area (Å²) in [6, 6.07) is 2.35. The van der Waals surface area contributed by atoms with Crippen molar-refractivity contribution in [3.05, 3.63) is 29.8 Å². The number of likely N-dealkylation sites (N-methyl/N-ethyl adjacent to an activating group) is 1. The number of carbonyl (C=O) groups excluding carboxylic acids is 1. The Labute approximate surface area is 140 Å². The third-order valence-electron chi connectivity index (χ3n) is 4.01. The van der Waals surface area contributed by atoms with Crippen LogP contribution >= 0.6 is 0 Å². The zero-order valence-electron chi connectivity index (χ0n) is 13.4. The molecule has 1 amide bonds. The van der Waals surface area contributed by atoms with E-state index in [2.05, 4.69) is 10.6 Å². The van der Waals surface area contributed by atoms with Gasteiger partial charge in [0, 0.05) is 32.1 Å². The fourth-order valence-corrected chi connectivity index (χ4v) is 4.17. The molecule has 0 unspecified atom stereocenters. The number of carbonyl (C=O) groups is 1. The second kappa shape index (κ2) is 8.00. The summed E-state index contributed by atoms with van der Waals surface area (Å²) in [5, 5.41) is 5.69. The van der Waals surface area contributed by atoms with E-state index in [1.807, 2.05) is 0 Å². The average Bonchev–Trinajstić information content (AvgIpc) is 2.57. The van der Waals surface area contributed by atoms with Gasteiger partial charge in [0.2, 0.25) is 15.9 Å². The Morgan fingerprint density at radius 2 is 1.92 bits per heavy atom. The molecule has 1 aromatic rings. The van der Waals surface area contributed by atoms with Crippen LogP contribution in [0.1, 0.15) is 12.8 Å². The summed E-state index contributed by atoms with van der Waals surface area (Å²) in [5.74, 6) is -2.18. The quantitative estimate of drug-likeness (QED) is 0.731. The van der Waals surface area contributed by atoms with Gasteiger partial charge in [-0.3, -0.25) is 4.79 Å². The Hall–Kier alpha value is -1.58. The summed E-state index contributed by atoms with van der Waals surface area (Å²) in [6.45, 7) is 1.35. The molecule has 0 atom stereocenters. The van der Waals surface area contributed by atoms with E-state index in [1.54, 1.807) is 7.05 Å². The van der Waals surface area contributed by atoms with Crippen LogP contribution in [0.5, 0.6) is 0 Å². The molecule has 1 aromatic carbocycles. The number of hydrogen-bond donors (Lipinski definition) is 2. The number of piperidine rings is 1. The van der Waals surface area contributed by atoms with E-state index < -0.39 is 26.6 Å². The molecule has 134 valence electrons. The van der Waals surface area contributed by atoms with Crippen LogP contribution in [0.15, 0.2) is 23.1 Å². The molecular formula is C15H21F2N3O3S. The first-order valence-corrected chi connectivity index (χ1v) is 9.17. The first kappa shape index (κ1) is 18.8. The molecule has 6 nitrogen and oxygen atoms in total. The average molecular weight is 361 g/mol. The van der Waals surface area contributed by atoms with Crippen LogP contribution in [-0.4, -0.2) is 51.9 Å². The van der Waals surface area contributed by atoms with Crippen LogP contribution in [0.4, 0.5) is 8.78 Å². The number of benzene rings is 1.